The fourth-order valence-electron chi connectivity index (χ4n) is 0.665. The van der Waals surface area contributed by atoms with Crippen molar-refractivity contribution in [2.75, 3.05) is 6.26 Å². The van der Waals surface area contributed by atoms with Crippen LogP contribution in [-0.2, 0) is 24.2 Å². The van der Waals surface area contributed by atoms with Crippen LogP contribution in [0.25, 0.3) is 0 Å². The van der Waals surface area contributed by atoms with E-state index in [4.69, 9.17) is 4.55 Å². The summed E-state index contributed by atoms with van der Waals surface area (Å²) in [5, 5.41) is 0. The van der Waals surface area contributed by atoms with E-state index in [0.29, 0.717) is 6.26 Å². The van der Waals surface area contributed by atoms with Crippen molar-refractivity contribution in [3.8, 4) is 0 Å². The molecular weight excluding hydrogens is 192 g/mol. The number of aromatic nitrogens is 2. The lowest BCUT2D eigenvalue weighted by Gasteiger charge is -1.84. The van der Waals surface area contributed by atoms with Crippen molar-refractivity contribution in [3.05, 3.63) is 18.2 Å². The highest BCUT2D eigenvalue weighted by molar-refractivity contribution is 7.85. The van der Waals surface area contributed by atoms with Gasteiger partial charge in [-0.1, -0.05) is 0 Å². The van der Waals surface area contributed by atoms with Gasteiger partial charge in [0.1, 0.15) is 12.4 Å². The average molecular weight is 207 g/mol. The number of nitrogens with zero attached hydrogens (tertiary/aromatic N) is 2. The van der Waals surface area contributed by atoms with Crippen LogP contribution >= 0.6 is 0 Å². The van der Waals surface area contributed by atoms with Crippen LogP contribution in [0, 0.1) is 6.92 Å². The number of imidazole rings is 1. The summed E-state index contributed by atoms with van der Waals surface area (Å²) in [5.74, 6) is 1.27. The van der Waals surface area contributed by atoms with Crippen LogP contribution in [0.5, 0.6) is 0 Å². The molecule has 1 heterocycles. The van der Waals surface area contributed by atoms with Gasteiger partial charge in [-0.15, -0.1) is 0 Å². The smallest absolute Gasteiger partial charge is 0.261 e. The molecule has 0 fully saturated rings. The van der Waals surface area contributed by atoms with E-state index in [9.17, 15) is 8.42 Å². The molecule has 0 aromatic carbocycles. The molecule has 6 heteroatoms. The van der Waals surface area contributed by atoms with E-state index in [2.05, 4.69) is 16.1 Å². The number of hydrogen-bond acceptors (Lipinski definition) is 2. The van der Waals surface area contributed by atoms with Gasteiger partial charge in [0.15, 0.2) is 0 Å². The fourth-order valence-corrected chi connectivity index (χ4v) is 0.665. The molecule has 0 aliphatic carbocycles. The van der Waals surface area contributed by atoms with Gasteiger partial charge in [0.05, 0.1) is 20.4 Å². The van der Waals surface area contributed by atoms with E-state index in [-0.39, 0.29) is 0 Å². The quantitative estimate of drug-likeness (QED) is 0.467. The predicted molar refractivity (Wildman–Crippen MR) is 48.8 cm³/mol. The Labute approximate surface area is 78.4 Å². The van der Waals surface area contributed by atoms with E-state index >= 15 is 0 Å². The van der Waals surface area contributed by atoms with Crippen LogP contribution in [0.3, 0.4) is 0 Å². The second-order valence-corrected chi connectivity index (χ2v) is 4.27. The summed E-state index contributed by atoms with van der Waals surface area (Å²) in [6, 6.07) is 0. The predicted octanol–water partition coefficient (Wildman–Crippen LogP) is -0.338. The maximum atomic E-state index is 9.19. The summed E-state index contributed by atoms with van der Waals surface area (Å²) in [5.41, 5.74) is 0. The second-order valence-electron chi connectivity index (χ2n) is 2.80. The van der Waals surface area contributed by atoms with Crippen molar-refractivity contribution in [3.63, 3.8) is 0 Å². The third kappa shape index (κ3) is 6.30. The molecule has 5 nitrogen and oxygen atoms in total. The van der Waals surface area contributed by atoms with Gasteiger partial charge in [-0.25, -0.2) is 9.13 Å². The zero-order valence-corrected chi connectivity index (χ0v) is 9.04. The third-order valence-corrected chi connectivity index (χ3v) is 1.53. The topological polar surface area (TPSA) is 63.2 Å². The van der Waals surface area contributed by atoms with E-state index in [0.717, 1.165) is 0 Å². The largest absolute Gasteiger partial charge is 0.286 e. The number of hydrogen-bond donors (Lipinski definition) is 1. The Balaban J connectivity index is 0.000000252. The molecule has 0 radical (unpaired) electrons. The van der Waals surface area contributed by atoms with Gasteiger partial charge in [0.25, 0.3) is 15.9 Å². The third-order valence-electron chi connectivity index (χ3n) is 1.53. The fraction of sp³-hybridized carbons (Fsp3) is 0.571. The van der Waals surface area contributed by atoms with E-state index in [1.807, 2.05) is 26.5 Å². The molecule has 13 heavy (non-hydrogen) atoms. The van der Waals surface area contributed by atoms with Gasteiger partial charge in [0.2, 0.25) is 0 Å². The first-order chi connectivity index (χ1) is 5.72. The first-order valence-corrected chi connectivity index (χ1v) is 5.46. The van der Waals surface area contributed by atoms with Crippen LogP contribution in [0.4, 0.5) is 0 Å². The van der Waals surface area contributed by atoms with Crippen LogP contribution in [0.15, 0.2) is 12.4 Å². The molecule has 0 atom stereocenters. The van der Waals surface area contributed by atoms with Crippen molar-refractivity contribution in [2.24, 2.45) is 14.1 Å². The molecule has 1 N–H and O–H groups in total. The van der Waals surface area contributed by atoms with E-state index in [1.165, 1.54) is 5.82 Å². The molecule has 0 spiro atoms. The van der Waals surface area contributed by atoms with Crippen molar-refractivity contribution in [2.45, 2.75) is 6.92 Å². The van der Waals surface area contributed by atoms with Gasteiger partial charge in [-0.3, -0.25) is 4.55 Å². The van der Waals surface area contributed by atoms with Crippen molar-refractivity contribution >= 4 is 10.1 Å². The lowest BCUT2D eigenvalue weighted by atomic mass is 10.7. The van der Waals surface area contributed by atoms with Gasteiger partial charge in [0, 0.05) is 6.92 Å². The average Bonchev–Trinajstić information content (AvgIpc) is 2.16. The maximum absolute atomic E-state index is 9.19. The molecule has 1 aromatic rings. The zero-order valence-electron chi connectivity index (χ0n) is 8.22. The zero-order chi connectivity index (χ0) is 10.6. The van der Waals surface area contributed by atoms with Crippen LogP contribution in [0.2, 0.25) is 0 Å². The molecule has 0 unspecified atom stereocenters. The molecule has 0 aliphatic heterocycles. The summed E-state index contributed by atoms with van der Waals surface area (Å²) in [6.07, 6.45) is 4.79. The van der Waals surface area contributed by atoms with Crippen LogP contribution in [-0.4, -0.2) is 23.8 Å². The standard InChI is InChI=1S/C6H11N2.CH4O3S/c1-6-7(2)4-5-8(6)3;1-5(2,3)4/h4-5H,1-3H3;1H3,(H,2,3,4)/q+1;. The first-order valence-electron chi connectivity index (χ1n) is 3.62. The van der Waals surface area contributed by atoms with Crippen molar-refractivity contribution in [1.82, 2.24) is 4.57 Å². The lowest BCUT2D eigenvalue weighted by molar-refractivity contribution is -0.677. The highest BCUT2D eigenvalue weighted by atomic mass is 32.2. The molecular formula is C7H15N2O3S+. The lowest BCUT2D eigenvalue weighted by Crippen LogP contribution is -2.29. The second kappa shape index (κ2) is 4.38. The van der Waals surface area contributed by atoms with Gasteiger partial charge in [-0.05, 0) is 0 Å². The van der Waals surface area contributed by atoms with Gasteiger partial charge < -0.3 is 0 Å². The van der Waals surface area contributed by atoms with Crippen molar-refractivity contribution in [1.29, 1.82) is 0 Å². The monoisotopic (exact) mass is 207 g/mol. The SMILES string of the molecule is CS(=O)(=O)O.Cc1n(C)cc[n+]1C. The highest BCUT2D eigenvalue weighted by Gasteiger charge is 2.00. The first kappa shape index (κ1) is 12.1. The molecule has 0 saturated heterocycles. The summed E-state index contributed by atoms with van der Waals surface area (Å²) >= 11 is 0. The Morgan fingerprint density at radius 1 is 1.54 bits per heavy atom. The molecule has 1 aromatic heterocycles. The Hall–Kier alpha value is -0.880. The number of aryl methyl sites for hydroxylation is 2. The molecule has 1 rings (SSSR count). The summed E-state index contributed by atoms with van der Waals surface area (Å²) in [6.45, 7) is 2.08. The summed E-state index contributed by atoms with van der Waals surface area (Å²) < 4.78 is 30.0. The highest BCUT2D eigenvalue weighted by Crippen LogP contribution is 1.84. The summed E-state index contributed by atoms with van der Waals surface area (Å²) in [7, 11) is 0.407. The summed E-state index contributed by atoms with van der Waals surface area (Å²) in [4.78, 5) is 0. The Kier molecular flexibility index (Phi) is 4.09. The van der Waals surface area contributed by atoms with Gasteiger partial charge in [-0.2, -0.15) is 8.42 Å². The normalized spacial score (nSPS) is 10.5. The van der Waals surface area contributed by atoms with Crippen molar-refractivity contribution < 1.29 is 17.5 Å². The minimum atomic E-state index is -3.67. The molecule has 0 amide bonds. The number of rotatable bonds is 0. The maximum Gasteiger partial charge on any atom is 0.261 e. The van der Waals surface area contributed by atoms with Gasteiger partial charge >= 0.3 is 0 Å². The molecule has 0 saturated carbocycles. The van der Waals surface area contributed by atoms with E-state index < -0.39 is 10.1 Å². The van der Waals surface area contributed by atoms with E-state index in [1.54, 1.807) is 0 Å². The van der Waals surface area contributed by atoms with Crippen LogP contribution < -0.4 is 4.57 Å². The minimum Gasteiger partial charge on any atom is -0.286 e. The van der Waals surface area contributed by atoms with Crippen LogP contribution in [0.1, 0.15) is 5.82 Å². The molecule has 0 aliphatic rings. The Bertz CT molecular complexity index is 340. The minimum absolute atomic E-state index is 0.715. The Morgan fingerprint density at radius 3 is 2.00 bits per heavy atom. The molecule has 76 valence electrons. The Morgan fingerprint density at radius 2 is 1.92 bits per heavy atom. The molecule has 0 bridgehead atoms.